The van der Waals surface area contributed by atoms with E-state index in [-0.39, 0.29) is 36.8 Å². The Morgan fingerprint density at radius 1 is 1.16 bits per heavy atom. The van der Waals surface area contributed by atoms with Crippen molar-refractivity contribution in [1.82, 2.24) is 0 Å². The van der Waals surface area contributed by atoms with Crippen molar-refractivity contribution in [2.24, 2.45) is 0 Å². The second-order valence-corrected chi connectivity index (χ2v) is 6.93. The first-order valence-electron chi connectivity index (χ1n) is 8.51. The molecule has 1 aromatic rings. The molecule has 0 radical (unpaired) electrons. The number of hydrogen-bond acceptors (Lipinski definition) is 6. The Kier molecular flexibility index (Phi) is 4.47. The van der Waals surface area contributed by atoms with E-state index in [1.165, 1.54) is 6.08 Å². The molecule has 25 heavy (non-hydrogen) atoms. The lowest BCUT2D eigenvalue weighted by Gasteiger charge is -2.30. The SMILES string of the molecule is CC1(C)O[C@H]2O[C@H](C3C=CC(=O)CO3)[C@H](OCc3ccccc3)[C@H]2O1. The van der Waals surface area contributed by atoms with Crippen LogP contribution in [0.3, 0.4) is 0 Å². The average Bonchev–Trinajstić information content (AvgIpc) is 3.06. The summed E-state index contributed by atoms with van der Waals surface area (Å²) in [4.78, 5) is 11.4. The summed E-state index contributed by atoms with van der Waals surface area (Å²) in [5.74, 6) is -0.765. The summed E-state index contributed by atoms with van der Waals surface area (Å²) in [5, 5.41) is 0. The smallest absolute Gasteiger partial charge is 0.190 e. The molecule has 1 unspecified atom stereocenters. The predicted octanol–water partition coefficient (Wildman–Crippen LogP) is 1.97. The fourth-order valence-electron chi connectivity index (χ4n) is 3.41. The Hall–Kier alpha value is -1.57. The summed E-state index contributed by atoms with van der Waals surface area (Å²) >= 11 is 0. The van der Waals surface area contributed by atoms with Gasteiger partial charge in [0.25, 0.3) is 0 Å². The van der Waals surface area contributed by atoms with Crippen LogP contribution in [0.15, 0.2) is 42.5 Å². The first kappa shape index (κ1) is 16.9. The number of rotatable bonds is 4. The molecule has 3 heterocycles. The van der Waals surface area contributed by atoms with E-state index in [1.54, 1.807) is 6.08 Å². The van der Waals surface area contributed by atoms with Crippen LogP contribution in [0.2, 0.25) is 0 Å². The second-order valence-electron chi connectivity index (χ2n) is 6.93. The molecule has 5 atom stereocenters. The van der Waals surface area contributed by atoms with Gasteiger partial charge in [0.15, 0.2) is 17.9 Å². The van der Waals surface area contributed by atoms with Crippen LogP contribution in [0.5, 0.6) is 0 Å². The Bertz CT molecular complexity index is 655. The molecule has 3 aliphatic rings. The van der Waals surface area contributed by atoms with Gasteiger partial charge in [-0.15, -0.1) is 0 Å². The summed E-state index contributed by atoms with van der Waals surface area (Å²) in [5.41, 5.74) is 1.07. The number of benzene rings is 1. The van der Waals surface area contributed by atoms with E-state index >= 15 is 0 Å². The van der Waals surface area contributed by atoms with E-state index in [0.29, 0.717) is 6.61 Å². The second kappa shape index (κ2) is 6.63. The maximum Gasteiger partial charge on any atom is 0.190 e. The van der Waals surface area contributed by atoms with Gasteiger partial charge in [0.05, 0.1) is 6.61 Å². The molecular formula is C19H22O6. The van der Waals surface area contributed by atoms with Crippen molar-refractivity contribution in [3.8, 4) is 0 Å². The third-order valence-electron chi connectivity index (χ3n) is 4.53. The van der Waals surface area contributed by atoms with Gasteiger partial charge < -0.3 is 23.7 Å². The Morgan fingerprint density at radius 2 is 1.96 bits per heavy atom. The number of ether oxygens (including phenoxy) is 5. The van der Waals surface area contributed by atoms with Crippen LogP contribution in [-0.2, 0) is 35.1 Å². The van der Waals surface area contributed by atoms with Gasteiger partial charge in [0.1, 0.15) is 31.0 Å². The molecule has 6 heteroatoms. The van der Waals surface area contributed by atoms with Crippen molar-refractivity contribution in [3.05, 3.63) is 48.0 Å². The van der Waals surface area contributed by atoms with Crippen LogP contribution in [0.1, 0.15) is 19.4 Å². The molecule has 3 aliphatic heterocycles. The van der Waals surface area contributed by atoms with Crippen LogP contribution >= 0.6 is 0 Å². The number of carbonyl (C=O) groups excluding carboxylic acids is 1. The molecule has 6 nitrogen and oxygen atoms in total. The normalized spacial score (nSPS) is 36.6. The van der Waals surface area contributed by atoms with Gasteiger partial charge in [-0.25, -0.2) is 0 Å². The monoisotopic (exact) mass is 346 g/mol. The number of carbonyl (C=O) groups is 1. The maximum absolute atomic E-state index is 11.4. The standard InChI is InChI=1S/C19H22O6/c1-19(2)24-17-16(22-10-12-6-4-3-5-7-12)15(23-18(17)25-19)14-9-8-13(20)11-21-14/h3-9,14-18H,10-11H2,1-2H3/t14?,15-,16+,17-,18-/m1/s1. The molecule has 0 N–H and O–H groups in total. The molecule has 0 bridgehead atoms. The van der Waals surface area contributed by atoms with Crippen LogP contribution in [0, 0.1) is 0 Å². The fourth-order valence-corrected chi connectivity index (χ4v) is 3.41. The van der Waals surface area contributed by atoms with E-state index in [9.17, 15) is 4.79 Å². The summed E-state index contributed by atoms with van der Waals surface area (Å²) in [7, 11) is 0. The van der Waals surface area contributed by atoms with E-state index in [4.69, 9.17) is 23.7 Å². The highest BCUT2D eigenvalue weighted by Gasteiger charge is 2.57. The molecule has 0 aliphatic carbocycles. The zero-order valence-corrected chi connectivity index (χ0v) is 14.3. The zero-order chi connectivity index (χ0) is 17.4. The molecule has 1 aromatic carbocycles. The van der Waals surface area contributed by atoms with E-state index in [1.807, 2.05) is 44.2 Å². The van der Waals surface area contributed by atoms with Gasteiger partial charge in [-0.1, -0.05) is 30.3 Å². The first-order chi connectivity index (χ1) is 12.0. The number of fused-ring (bicyclic) bond motifs is 1. The van der Waals surface area contributed by atoms with Gasteiger partial charge in [-0.05, 0) is 31.6 Å². The minimum atomic E-state index is -0.714. The largest absolute Gasteiger partial charge is 0.368 e. The van der Waals surface area contributed by atoms with Gasteiger partial charge in [-0.3, -0.25) is 4.79 Å². The van der Waals surface area contributed by atoms with Crippen molar-refractivity contribution in [2.75, 3.05) is 6.61 Å². The van der Waals surface area contributed by atoms with E-state index in [0.717, 1.165) is 5.56 Å². The molecule has 2 fully saturated rings. The van der Waals surface area contributed by atoms with Crippen molar-refractivity contribution < 1.29 is 28.5 Å². The Labute approximate surface area is 146 Å². The van der Waals surface area contributed by atoms with Crippen LogP contribution in [0.4, 0.5) is 0 Å². The highest BCUT2D eigenvalue weighted by atomic mass is 16.8. The van der Waals surface area contributed by atoms with Crippen molar-refractivity contribution >= 4 is 5.78 Å². The molecule has 134 valence electrons. The Morgan fingerprint density at radius 3 is 2.68 bits per heavy atom. The third kappa shape index (κ3) is 3.54. The Balaban J connectivity index is 1.51. The number of hydrogen-bond donors (Lipinski definition) is 0. The molecule has 2 saturated heterocycles. The fraction of sp³-hybridized carbons (Fsp3) is 0.526. The van der Waals surface area contributed by atoms with Gasteiger partial charge in [0.2, 0.25) is 0 Å². The summed E-state index contributed by atoms with van der Waals surface area (Å²) < 4.78 is 29.6. The van der Waals surface area contributed by atoms with E-state index < -0.39 is 12.1 Å². The minimum absolute atomic E-state index is 0.0506. The average molecular weight is 346 g/mol. The topological polar surface area (TPSA) is 63.2 Å². The quantitative estimate of drug-likeness (QED) is 0.831. The van der Waals surface area contributed by atoms with Crippen molar-refractivity contribution in [2.45, 2.75) is 56.9 Å². The number of ketones is 1. The first-order valence-corrected chi connectivity index (χ1v) is 8.51. The molecule has 0 aromatic heterocycles. The van der Waals surface area contributed by atoms with Gasteiger partial charge in [0, 0.05) is 0 Å². The van der Waals surface area contributed by atoms with Gasteiger partial charge >= 0.3 is 0 Å². The van der Waals surface area contributed by atoms with E-state index in [2.05, 4.69) is 0 Å². The lowest BCUT2D eigenvalue weighted by Crippen LogP contribution is -2.44. The highest BCUT2D eigenvalue weighted by molar-refractivity contribution is 5.91. The molecular weight excluding hydrogens is 324 g/mol. The van der Waals surface area contributed by atoms with Crippen LogP contribution < -0.4 is 0 Å². The minimum Gasteiger partial charge on any atom is -0.368 e. The summed E-state index contributed by atoms with van der Waals surface area (Å²) in [6.07, 6.45) is 1.31. The molecule has 4 rings (SSSR count). The van der Waals surface area contributed by atoms with Crippen molar-refractivity contribution in [3.63, 3.8) is 0 Å². The molecule has 0 spiro atoms. The highest BCUT2D eigenvalue weighted by Crippen LogP contribution is 2.40. The predicted molar refractivity (Wildman–Crippen MR) is 87.6 cm³/mol. The molecule has 0 saturated carbocycles. The van der Waals surface area contributed by atoms with Crippen LogP contribution in [0.25, 0.3) is 0 Å². The lowest BCUT2D eigenvalue weighted by atomic mass is 10.0. The molecule has 0 amide bonds. The lowest BCUT2D eigenvalue weighted by molar-refractivity contribution is -0.230. The summed E-state index contributed by atoms with van der Waals surface area (Å²) in [6, 6.07) is 9.93. The van der Waals surface area contributed by atoms with Crippen molar-refractivity contribution in [1.29, 1.82) is 0 Å². The van der Waals surface area contributed by atoms with Crippen LogP contribution in [-0.4, -0.2) is 48.9 Å². The van der Waals surface area contributed by atoms with Gasteiger partial charge in [-0.2, -0.15) is 0 Å². The third-order valence-corrected chi connectivity index (χ3v) is 4.53. The maximum atomic E-state index is 11.4. The summed E-state index contributed by atoms with van der Waals surface area (Å²) in [6.45, 7) is 4.20. The zero-order valence-electron chi connectivity index (χ0n) is 14.3.